The lowest BCUT2D eigenvalue weighted by Gasteiger charge is -2.20. The molecule has 2 aromatic rings. The second kappa shape index (κ2) is 13.2. The van der Waals surface area contributed by atoms with Crippen molar-refractivity contribution in [2.45, 2.75) is 64.5 Å². The number of rotatable bonds is 13. The standard InChI is InChI=1S/C23H32ClN3O2/c1-3-20(12-8-16-29-23-18(2)9-7-15-25-23)26-22(28)17-21(27-24)14-13-19-10-5-4-6-11-19/h4-7,9-11,15,20-21,27H,3,8,12-14,16-17H2,1-2H3,(H,26,28)/t20-,21-/m0/s1. The number of carbonyl (C=O) groups is 1. The van der Waals surface area contributed by atoms with Crippen LogP contribution in [0.3, 0.4) is 0 Å². The number of aromatic nitrogens is 1. The highest BCUT2D eigenvalue weighted by Gasteiger charge is 2.16. The number of aryl methyl sites for hydroxylation is 2. The first-order valence-corrected chi connectivity index (χ1v) is 10.7. The van der Waals surface area contributed by atoms with E-state index < -0.39 is 0 Å². The lowest BCUT2D eigenvalue weighted by molar-refractivity contribution is -0.122. The lowest BCUT2D eigenvalue weighted by Crippen LogP contribution is -2.38. The summed E-state index contributed by atoms with van der Waals surface area (Å²) in [6.45, 7) is 4.66. The number of hydrogen-bond donors (Lipinski definition) is 2. The van der Waals surface area contributed by atoms with E-state index in [0.29, 0.717) is 18.9 Å². The summed E-state index contributed by atoms with van der Waals surface area (Å²) in [6.07, 6.45) is 6.43. The minimum atomic E-state index is -0.0511. The van der Waals surface area contributed by atoms with E-state index in [4.69, 9.17) is 16.5 Å². The second-order valence-electron chi connectivity index (χ2n) is 7.32. The molecule has 29 heavy (non-hydrogen) atoms. The van der Waals surface area contributed by atoms with Gasteiger partial charge in [-0.3, -0.25) is 4.79 Å². The minimum Gasteiger partial charge on any atom is -0.477 e. The predicted octanol–water partition coefficient (Wildman–Crippen LogP) is 4.58. The molecule has 1 heterocycles. The van der Waals surface area contributed by atoms with Gasteiger partial charge in [0, 0.05) is 30.3 Å². The van der Waals surface area contributed by atoms with Gasteiger partial charge in [-0.25, -0.2) is 9.82 Å². The number of ether oxygens (including phenoxy) is 1. The normalized spacial score (nSPS) is 12.9. The van der Waals surface area contributed by atoms with E-state index in [9.17, 15) is 4.79 Å². The summed E-state index contributed by atoms with van der Waals surface area (Å²) in [7, 11) is 0. The van der Waals surface area contributed by atoms with Crippen molar-refractivity contribution in [3.05, 3.63) is 59.8 Å². The third-order valence-corrected chi connectivity index (χ3v) is 5.27. The molecule has 0 fully saturated rings. The van der Waals surface area contributed by atoms with Crippen molar-refractivity contribution in [1.82, 2.24) is 15.1 Å². The molecule has 0 bridgehead atoms. The van der Waals surface area contributed by atoms with Crippen LogP contribution in [0.15, 0.2) is 48.7 Å². The van der Waals surface area contributed by atoms with E-state index in [0.717, 1.165) is 37.7 Å². The summed E-state index contributed by atoms with van der Waals surface area (Å²) in [4.78, 5) is 19.4. The smallest absolute Gasteiger partial charge is 0.221 e. The maximum atomic E-state index is 12.4. The molecule has 1 aromatic heterocycles. The van der Waals surface area contributed by atoms with Gasteiger partial charge < -0.3 is 10.1 Å². The van der Waals surface area contributed by atoms with Crippen LogP contribution < -0.4 is 14.9 Å². The summed E-state index contributed by atoms with van der Waals surface area (Å²) in [5.41, 5.74) is 2.28. The molecule has 0 radical (unpaired) electrons. The molecule has 6 heteroatoms. The topological polar surface area (TPSA) is 63.2 Å². The number of nitrogens with zero attached hydrogens (tertiary/aromatic N) is 1. The molecule has 1 amide bonds. The van der Waals surface area contributed by atoms with Crippen molar-refractivity contribution in [3.8, 4) is 5.88 Å². The highest BCUT2D eigenvalue weighted by atomic mass is 35.5. The molecule has 0 saturated carbocycles. The van der Waals surface area contributed by atoms with Gasteiger partial charge in [0.05, 0.1) is 6.61 Å². The van der Waals surface area contributed by atoms with Crippen molar-refractivity contribution in [3.63, 3.8) is 0 Å². The highest BCUT2D eigenvalue weighted by molar-refractivity contribution is 6.13. The molecular formula is C23H32ClN3O2. The number of nitrogens with one attached hydrogen (secondary N) is 2. The van der Waals surface area contributed by atoms with Crippen molar-refractivity contribution in [2.24, 2.45) is 0 Å². The van der Waals surface area contributed by atoms with Crippen LogP contribution >= 0.6 is 11.8 Å². The number of amides is 1. The van der Waals surface area contributed by atoms with Crippen LogP contribution in [0.25, 0.3) is 0 Å². The molecule has 158 valence electrons. The summed E-state index contributed by atoms with van der Waals surface area (Å²) in [5, 5.41) is 3.13. The largest absolute Gasteiger partial charge is 0.477 e. The van der Waals surface area contributed by atoms with Gasteiger partial charge in [0.1, 0.15) is 0 Å². The number of hydrogen-bond acceptors (Lipinski definition) is 4. The first kappa shape index (κ1) is 23.2. The Hall–Kier alpha value is -2.11. The number of halogens is 1. The van der Waals surface area contributed by atoms with Gasteiger partial charge in [-0.05, 0) is 62.4 Å². The number of pyridine rings is 1. The summed E-state index contributed by atoms with van der Waals surface area (Å²) in [5.74, 6) is 0.712. The predicted molar refractivity (Wildman–Crippen MR) is 118 cm³/mol. The molecule has 0 aliphatic carbocycles. The molecule has 0 aliphatic rings. The second-order valence-corrected chi connectivity index (χ2v) is 7.54. The van der Waals surface area contributed by atoms with Crippen LogP contribution in [-0.2, 0) is 11.2 Å². The molecule has 0 unspecified atom stereocenters. The first-order valence-electron chi connectivity index (χ1n) is 10.4. The Bertz CT molecular complexity index is 727. The third-order valence-electron chi connectivity index (χ3n) is 4.97. The lowest BCUT2D eigenvalue weighted by atomic mass is 10.0. The highest BCUT2D eigenvalue weighted by Crippen LogP contribution is 2.13. The van der Waals surface area contributed by atoms with Gasteiger partial charge in [0.2, 0.25) is 11.8 Å². The first-order chi connectivity index (χ1) is 14.1. The zero-order chi connectivity index (χ0) is 20.9. The Balaban J connectivity index is 1.68. The Labute approximate surface area is 179 Å². The SMILES string of the molecule is CC[C@@H](CCCOc1ncccc1C)NC(=O)C[C@H](CCc1ccccc1)NCl. The van der Waals surface area contributed by atoms with Gasteiger partial charge in [0.25, 0.3) is 0 Å². The molecule has 0 saturated heterocycles. The molecule has 0 aliphatic heterocycles. The maximum absolute atomic E-state index is 12.4. The number of carbonyl (C=O) groups excluding carboxylic acids is 1. The third kappa shape index (κ3) is 8.84. The Kier molecular flexibility index (Phi) is 10.5. The monoisotopic (exact) mass is 417 g/mol. The average Bonchev–Trinajstić information content (AvgIpc) is 2.75. The molecular weight excluding hydrogens is 386 g/mol. The van der Waals surface area contributed by atoms with Crippen LogP contribution in [0.5, 0.6) is 5.88 Å². The van der Waals surface area contributed by atoms with Crippen LogP contribution in [0.2, 0.25) is 0 Å². The van der Waals surface area contributed by atoms with E-state index in [2.05, 4.69) is 34.2 Å². The molecule has 2 atom stereocenters. The van der Waals surface area contributed by atoms with E-state index in [1.54, 1.807) is 6.20 Å². The van der Waals surface area contributed by atoms with Crippen molar-refractivity contribution in [1.29, 1.82) is 0 Å². The van der Waals surface area contributed by atoms with E-state index >= 15 is 0 Å². The molecule has 1 aromatic carbocycles. The molecule has 5 nitrogen and oxygen atoms in total. The van der Waals surface area contributed by atoms with Crippen molar-refractivity contribution >= 4 is 17.7 Å². The van der Waals surface area contributed by atoms with Crippen LogP contribution in [0.1, 0.15) is 50.2 Å². The summed E-state index contributed by atoms with van der Waals surface area (Å²) < 4.78 is 5.74. The quantitative estimate of drug-likeness (QED) is 0.370. The Morgan fingerprint density at radius 1 is 1.14 bits per heavy atom. The Morgan fingerprint density at radius 3 is 2.62 bits per heavy atom. The summed E-state index contributed by atoms with van der Waals surface area (Å²) in [6, 6.07) is 14.2. The van der Waals surface area contributed by atoms with Gasteiger partial charge in [-0.15, -0.1) is 0 Å². The van der Waals surface area contributed by atoms with E-state index in [1.807, 2.05) is 37.3 Å². The fraction of sp³-hybridized carbons (Fsp3) is 0.478. The van der Waals surface area contributed by atoms with E-state index in [1.165, 1.54) is 5.56 Å². The van der Waals surface area contributed by atoms with Crippen LogP contribution in [0, 0.1) is 6.92 Å². The van der Waals surface area contributed by atoms with Gasteiger partial charge in [-0.1, -0.05) is 43.3 Å². The summed E-state index contributed by atoms with van der Waals surface area (Å²) >= 11 is 5.87. The Morgan fingerprint density at radius 2 is 1.93 bits per heavy atom. The van der Waals surface area contributed by atoms with Gasteiger partial charge >= 0.3 is 0 Å². The fourth-order valence-corrected chi connectivity index (χ4v) is 3.38. The van der Waals surface area contributed by atoms with Crippen LogP contribution in [0.4, 0.5) is 0 Å². The average molecular weight is 418 g/mol. The van der Waals surface area contributed by atoms with E-state index in [-0.39, 0.29) is 18.0 Å². The van der Waals surface area contributed by atoms with Crippen LogP contribution in [-0.4, -0.2) is 29.6 Å². The fourth-order valence-electron chi connectivity index (χ4n) is 3.19. The van der Waals surface area contributed by atoms with Crippen molar-refractivity contribution < 1.29 is 9.53 Å². The van der Waals surface area contributed by atoms with Gasteiger partial charge in [-0.2, -0.15) is 0 Å². The van der Waals surface area contributed by atoms with Crippen molar-refractivity contribution in [2.75, 3.05) is 6.61 Å². The zero-order valence-electron chi connectivity index (χ0n) is 17.4. The molecule has 0 spiro atoms. The maximum Gasteiger partial charge on any atom is 0.221 e. The number of benzene rings is 1. The van der Waals surface area contributed by atoms with Gasteiger partial charge in [0.15, 0.2) is 0 Å². The zero-order valence-corrected chi connectivity index (χ0v) is 18.1. The molecule has 2 N–H and O–H groups in total. The minimum absolute atomic E-state index is 0.0320. The molecule has 2 rings (SSSR count).